The first kappa shape index (κ1) is 23.9. The van der Waals surface area contributed by atoms with Crippen LogP contribution in [0.4, 0.5) is 5.95 Å². The lowest BCUT2D eigenvalue weighted by atomic mass is 9.95. The summed E-state index contributed by atoms with van der Waals surface area (Å²) in [5.74, 6) is 0.815. The monoisotopic (exact) mass is 474 g/mol. The molecule has 180 valence electrons. The molecule has 0 aliphatic carbocycles. The van der Waals surface area contributed by atoms with Crippen molar-refractivity contribution in [2.45, 2.75) is 56.4 Å². The van der Waals surface area contributed by atoms with Crippen LogP contribution in [0.3, 0.4) is 0 Å². The van der Waals surface area contributed by atoms with E-state index in [2.05, 4.69) is 14.9 Å². The van der Waals surface area contributed by atoms with Crippen LogP contribution in [0.25, 0.3) is 10.9 Å². The van der Waals surface area contributed by atoms with Crippen molar-refractivity contribution in [3.8, 4) is 0 Å². The molecule has 2 saturated heterocycles. The molecule has 0 radical (unpaired) electrons. The Hall–Kier alpha value is -2.26. The first-order valence-corrected chi connectivity index (χ1v) is 13.7. The first-order valence-electron chi connectivity index (χ1n) is 11.8. The molecule has 0 N–H and O–H groups in total. The van der Waals surface area contributed by atoms with E-state index in [0.717, 1.165) is 56.3 Å². The van der Waals surface area contributed by atoms with E-state index >= 15 is 0 Å². The molecular formula is C24H34N4O4S. The number of anilines is 1. The molecule has 0 unspecified atom stereocenters. The van der Waals surface area contributed by atoms with Crippen LogP contribution in [-0.2, 0) is 19.4 Å². The molecule has 0 bridgehead atoms. The van der Waals surface area contributed by atoms with Crippen LogP contribution < -0.4 is 4.90 Å². The topological polar surface area (TPSA) is 92.7 Å². The minimum Gasteiger partial charge on any atom is -0.378 e. The van der Waals surface area contributed by atoms with Gasteiger partial charge in [0, 0.05) is 50.8 Å². The number of aryl methyl sites for hydroxylation is 1. The smallest absolute Gasteiger partial charge is 0.226 e. The number of rotatable bonds is 6. The van der Waals surface area contributed by atoms with Crippen molar-refractivity contribution in [3.05, 3.63) is 23.9 Å². The largest absolute Gasteiger partial charge is 0.378 e. The highest BCUT2D eigenvalue weighted by Crippen LogP contribution is 2.26. The van der Waals surface area contributed by atoms with Gasteiger partial charge in [-0.2, -0.15) is 0 Å². The highest BCUT2D eigenvalue weighted by atomic mass is 32.2. The zero-order valence-corrected chi connectivity index (χ0v) is 20.6. The molecule has 2 aliphatic rings. The molecule has 1 amide bonds. The summed E-state index contributed by atoms with van der Waals surface area (Å²) in [7, 11) is -1.41. The predicted octanol–water partition coefficient (Wildman–Crippen LogP) is 2.98. The third-order valence-corrected chi connectivity index (χ3v) is 7.95. The fourth-order valence-corrected chi connectivity index (χ4v) is 5.39. The molecule has 8 nitrogen and oxygen atoms in total. The zero-order chi connectivity index (χ0) is 23.6. The van der Waals surface area contributed by atoms with Gasteiger partial charge in [0.2, 0.25) is 11.9 Å². The summed E-state index contributed by atoms with van der Waals surface area (Å²) in [5.41, 5.74) is 1.45. The number of carbonyl (C=O) groups excluding carboxylic acids is 1. The summed E-state index contributed by atoms with van der Waals surface area (Å²) in [4.78, 5) is 26.5. The normalized spacial score (nSPS) is 20.2. The average Bonchev–Trinajstić information content (AvgIpc) is 2.82. The molecule has 9 heteroatoms. The Morgan fingerprint density at radius 2 is 1.94 bits per heavy atom. The number of benzene rings is 1. The molecule has 1 aromatic carbocycles. The lowest BCUT2D eigenvalue weighted by Crippen LogP contribution is -2.42. The van der Waals surface area contributed by atoms with Crippen molar-refractivity contribution in [1.29, 1.82) is 0 Å². The van der Waals surface area contributed by atoms with Gasteiger partial charge in [0.05, 0.1) is 22.2 Å². The molecular weight excluding hydrogens is 440 g/mol. The van der Waals surface area contributed by atoms with Crippen LogP contribution in [0.5, 0.6) is 0 Å². The fraction of sp³-hybridized carbons (Fsp3) is 0.625. The van der Waals surface area contributed by atoms with Gasteiger partial charge >= 0.3 is 0 Å². The van der Waals surface area contributed by atoms with Gasteiger partial charge in [0.15, 0.2) is 9.84 Å². The summed E-state index contributed by atoms with van der Waals surface area (Å²) in [5, 5.41) is 0.847. The summed E-state index contributed by atoms with van der Waals surface area (Å²) < 4.78 is 29.7. The number of ether oxygens (including phenoxy) is 1. The average molecular weight is 475 g/mol. The molecule has 1 atom stereocenters. The minimum absolute atomic E-state index is 0.0110. The SMILES string of the molecule is Cc1nc(N2CCC(C(=O)N(C)CC[C@H]3CCCCO3)CC2)nc2cc(S(C)(=O)=O)ccc12. The zero-order valence-electron chi connectivity index (χ0n) is 19.8. The Morgan fingerprint density at radius 3 is 2.61 bits per heavy atom. The Bertz CT molecular complexity index is 1110. The molecule has 3 heterocycles. The minimum atomic E-state index is -3.31. The van der Waals surface area contributed by atoms with Crippen LogP contribution in [0.2, 0.25) is 0 Å². The molecule has 2 fully saturated rings. The molecule has 1 aromatic heterocycles. The molecule has 33 heavy (non-hydrogen) atoms. The van der Waals surface area contributed by atoms with E-state index < -0.39 is 9.84 Å². The second-order valence-corrected chi connectivity index (χ2v) is 11.4. The van der Waals surface area contributed by atoms with Gasteiger partial charge in [0.25, 0.3) is 0 Å². The summed E-state index contributed by atoms with van der Waals surface area (Å²) >= 11 is 0. The molecule has 2 aliphatic heterocycles. The van der Waals surface area contributed by atoms with E-state index in [1.807, 2.05) is 18.9 Å². The predicted molar refractivity (Wildman–Crippen MR) is 128 cm³/mol. The fourth-order valence-electron chi connectivity index (χ4n) is 4.75. The van der Waals surface area contributed by atoms with Crippen LogP contribution >= 0.6 is 0 Å². The lowest BCUT2D eigenvalue weighted by Gasteiger charge is -2.34. The number of piperidine rings is 1. The number of fused-ring (bicyclic) bond motifs is 1. The van der Waals surface area contributed by atoms with Crippen molar-refractivity contribution < 1.29 is 17.9 Å². The maximum absolute atomic E-state index is 13.0. The van der Waals surface area contributed by atoms with Gasteiger partial charge in [-0.1, -0.05) is 0 Å². The van der Waals surface area contributed by atoms with Crippen molar-refractivity contribution in [2.75, 3.05) is 44.4 Å². The van der Waals surface area contributed by atoms with Crippen molar-refractivity contribution >= 4 is 32.6 Å². The Balaban J connectivity index is 1.38. The van der Waals surface area contributed by atoms with Crippen LogP contribution in [0.1, 0.15) is 44.2 Å². The number of carbonyl (C=O) groups is 1. The maximum Gasteiger partial charge on any atom is 0.226 e. The summed E-state index contributed by atoms with van der Waals surface area (Å²) in [6.45, 7) is 4.89. The maximum atomic E-state index is 13.0. The standard InChI is InChI=1S/C24H34N4O4S/c1-17-21-8-7-20(33(3,30)31)16-22(21)26-24(25-17)28-13-9-18(10-14-28)23(29)27(2)12-11-19-6-4-5-15-32-19/h7-8,16,18-19H,4-6,9-15H2,1-3H3/t19-/m1/s1. The second-order valence-electron chi connectivity index (χ2n) is 9.36. The molecule has 0 saturated carbocycles. The van der Waals surface area contributed by atoms with E-state index in [1.54, 1.807) is 18.2 Å². The van der Waals surface area contributed by atoms with Crippen molar-refractivity contribution in [3.63, 3.8) is 0 Å². The number of amides is 1. The Morgan fingerprint density at radius 1 is 1.18 bits per heavy atom. The number of hydrogen-bond donors (Lipinski definition) is 0. The van der Waals surface area contributed by atoms with Crippen molar-refractivity contribution in [2.24, 2.45) is 5.92 Å². The molecule has 4 rings (SSSR count). The number of sulfone groups is 1. The Kier molecular flexibility index (Phi) is 7.19. The van der Waals surface area contributed by atoms with E-state index in [-0.39, 0.29) is 22.8 Å². The highest BCUT2D eigenvalue weighted by Gasteiger charge is 2.29. The second kappa shape index (κ2) is 9.93. The Labute approximate surface area is 196 Å². The van der Waals surface area contributed by atoms with Crippen LogP contribution in [0.15, 0.2) is 23.1 Å². The third kappa shape index (κ3) is 5.63. The molecule has 2 aromatic rings. The van der Waals surface area contributed by atoms with Gasteiger partial charge in [-0.3, -0.25) is 4.79 Å². The lowest BCUT2D eigenvalue weighted by molar-refractivity contribution is -0.135. The van der Waals surface area contributed by atoms with Gasteiger partial charge in [-0.05, 0) is 63.6 Å². The first-order chi connectivity index (χ1) is 15.7. The van der Waals surface area contributed by atoms with E-state index in [0.29, 0.717) is 24.6 Å². The van der Waals surface area contributed by atoms with E-state index in [9.17, 15) is 13.2 Å². The van der Waals surface area contributed by atoms with Crippen LogP contribution in [-0.4, -0.2) is 74.8 Å². The summed E-state index contributed by atoms with van der Waals surface area (Å²) in [6, 6.07) is 4.98. The van der Waals surface area contributed by atoms with Gasteiger partial charge in [-0.25, -0.2) is 18.4 Å². The van der Waals surface area contributed by atoms with Gasteiger partial charge in [-0.15, -0.1) is 0 Å². The van der Waals surface area contributed by atoms with E-state index in [1.165, 1.54) is 12.7 Å². The summed E-state index contributed by atoms with van der Waals surface area (Å²) in [6.07, 6.45) is 7.35. The van der Waals surface area contributed by atoms with Crippen molar-refractivity contribution in [1.82, 2.24) is 14.9 Å². The van der Waals surface area contributed by atoms with Crippen LogP contribution in [0, 0.1) is 12.8 Å². The van der Waals surface area contributed by atoms with Gasteiger partial charge in [0.1, 0.15) is 0 Å². The quantitative estimate of drug-likeness (QED) is 0.635. The number of hydrogen-bond acceptors (Lipinski definition) is 7. The van der Waals surface area contributed by atoms with E-state index in [4.69, 9.17) is 4.74 Å². The van der Waals surface area contributed by atoms with Gasteiger partial charge < -0.3 is 14.5 Å². The number of aromatic nitrogens is 2. The number of nitrogens with zero attached hydrogens (tertiary/aromatic N) is 4. The molecule has 0 spiro atoms. The highest BCUT2D eigenvalue weighted by molar-refractivity contribution is 7.90. The third-order valence-electron chi connectivity index (χ3n) is 6.84.